The minimum Gasteiger partial charge on any atom is -0.366 e. The zero-order chi connectivity index (χ0) is 21.2. The molecule has 29 heavy (non-hydrogen) atoms. The van der Waals surface area contributed by atoms with Gasteiger partial charge in [0.1, 0.15) is 12.4 Å². The second-order valence-electron chi connectivity index (χ2n) is 7.43. The third-order valence-electron chi connectivity index (χ3n) is 5.00. The van der Waals surface area contributed by atoms with E-state index in [1.807, 2.05) is 24.8 Å². The molecule has 8 heteroatoms. The van der Waals surface area contributed by atoms with Crippen molar-refractivity contribution in [1.82, 2.24) is 4.90 Å². The van der Waals surface area contributed by atoms with Crippen molar-refractivity contribution in [3.05, 3.63) is 59.4 Å². The van der Waals surface area contributed by atoms with Crippen molar-refractivity contribution >= 4 is 27.3 Å². The first-order valence-corrected chi connectivity index (χ1v) is 11.3. The molecule has 0 saturated carbocycles. The SMILES string of the molecule is Cc1cc(C)cc(N(CC(=O)N2CCN(c3ccccc3F)CC2)S(C)(=O)=O)c1. The van der Waals surface area contributed by atoms with Crippen LogP contribution in [0.15, 0.2) is 42.5 Å². The fraction of sp³-hybridized carbons (Fsp3) is 0.381. The first-order chi connectivity index (χ1) is 13.6. The number of nitrogens with zero attached hydrogens (tertiary/aromatic N) is 3. The van der Waals surface area contributed by atoms with Crippen molar-refractivity contribution < 1.29 is 17.6 Å². The number of rotatable bonds is 5. The summed E-state index contributed by atoms with van der Waals surface area (Å²) in [6.45, 7) is 5.35. The molecule has 0 spiro atoms. The molecule has 0 aliphatic carbocycles. The first-order valence-electron chi connectivity index (χ1n) is 9.48. The number of carbonyl (C=O) groups excluding carboxylic acids is 1. The first kappa shape index (κ1) is 21.1. The van der Waals surface area contributed by atoms with Crippen LogP contribution in [-0.4, -0.2) is 58.2 Å². The Balaban J connectivity index is 1.70. The van der Waals surface area contributed by atoms with Crippen LogP contribution in [0, 0.1) is 19.7 Å². The second-order valence-corrected chi connectivity index (χ2v) is 9.34. The van der Waals surface area contributed by atoms with Crippen LogP contribution in [-0.2, 0) is 14.8 Å². The Morgan fingerprint density at radius 1 is 1.03 bits per heavy atom. The van der Waals surface area contributed by atoms with Gasteiger partial charge in [-0.25, -0.2) is 12.8 Å². The molecular formula is C21H26FN3O3S. The van der Waals surface area contributed by atoms with E-state index >= 15 is 0 Å². The largest absolute Gasteiger partial charge is 0.366 e. The van der Waals surface area contributed by atoms with Gasteiger partial charge in [-0.05, 0) is 49.2 Å². The highest BCUT2D eigenvalue weighted by Gasteiger charge is 2.27. The monoisotopic (exact) mass is 419 g/mol. The number of carbonyl (C=O) groups is 1. The number of hydrogen-bond donors (Lipinski definition) is 0. The van der Waals surface area contributed by atoms with Crippen LogP contribution in [0.4, 0.5) is 15.8 Å². The number of hydrogen-bond acceptors (Lipinski definition) is 4. The second kappa shape index (κ2) is 8.41. The van der Waals surface area contributed by atoms with E-state index in [4.69, 9.17) is 0 Å². The van der Waals surface area contributed by atoms with Crippen LogP contribution in [0.3, 0.4) is 0 Å². The molecule has 0 bridgehead atoms. The fourth-order valence-electron chi connectivity index (χ4n) is 3.62. The van der Waals surface area contributed by atoms with Crippen molar-refractivity contribution in [1.29, 1.82) is 0 Å². The van der Waals surface area contributed by atoms with Crippen molar-refractivity contribution in [3.63, 3.8) is 0 Å². The minimum atomic E-state index is -3.62. The standard InChI is InChI=1S/C21H26FN3O3S/c1-16-12-17(2)14-18(13-16)25(29(3,27)28)15-21(26)24-10-8-23(9-11-24)20-7-5-4-6-19(20)22/h4-7,12-14H,8-11,15H2,1-3H3. The van der Waals surface area contributed by atoms with Gasteiger partial charge in [0.05, 0.1) is 17.6 Å². The maximum Gasteiger partial charge on any atom is 0.243 e. The van der Waals surface area contributed by atoms with Crippen LogP contribution < -0.4 is 9.21 Å². The van der Waals surface area contributed by atoms with E-state index in [1.165, 1.54) is 6.07 Å². The molecule has 2 aromatic rings. The maximum absolute atomic E-state index is 14.0. The van der Waals surface area contributed by atoms with Gasteiger partial charge in [0.25, 0.3) is 0 Å². The molecule has 3 rings (SSSR count). The fourth-order valence-corrected chi connectivity index (χ4v) is 4.46. The molecule has 0 aromatic heterocycles. The molecule has 0 N–H and O–H groups in total. The molecule has 0 atom stereocenters. The van der Waals surface area contributed by atoms with E-state index in [0.29, 0.717) is 37.6 Å². The predicted octanol–water partition coefficient (Wildman–Crippen LogP) is 2.56. The van der Waals surface area contributed by atoms with Gasteiger partial charge in [0.15, 0.2) is 0 Å². The molecule has 0 radical (unpaired) electrons. The lowest BCUT2D eigenvalue weighted by atomic mass is 10.1. The lowest BCUT2D eigenvalue weighted by Gasteiger charge is -2.37. The summed E-state index contributed by atoms with van der Waals surface area (Å²) in [5.41, 5.74) is 2.87. The molecule has 1 saturated heterocycles. The number of piperazine rings is 1. The Kier molecular flexibility index (Phi) is 6.12. The highest BCUT2D eigenvalue weighted by Crippen LogP contribution is 2.23. The summed E-state index contributed by atoms with van der Waals surface area (Å²) in [4.78, 5) is 16.4. The van der Waals surface area contributed by atoms with E-state index in [-0.39, 0.29) is 18.3 Å². The van der Waals surface area contributed by atoms with Gasteiger partial charge in [-0.3, -0.25) is 9.10 Å². The molecule has 156 valence electrons. The summed E-state index contributed by atoms with van der Waals surface area (Å²) >= 11 is 0. The molecule has 0 unspecified atom stereocenters. The Morgan fingerprint density at radius 3 is 2.17 bits per heavy atom. The lowest BCUT2D eigenvalue weighted by molar-refractivity contribution is -0.129. The molecule has 1 aliphatic heterocycles. The predicted molar refractivity (Wildman–Crippen MR) is 113 cm³/mol. The summed E-state index contributed by atoms with van der Waals surface area (Å²) in [5.74, 6) is -0.548. The molecular weight excluding hydrogens is 393 g/mol. The Bertz CT molecular complexity index is 982. The lowest BCUT2D eigenvalue weighted by Crippen LogP contribution is -2.52. The average molecular weight is 420 g/mol. The zero-order valence-corrected chi connectivity index (χ0v) is 17.7. The molecule has 1 fully saturated rings. The van der Waals surface area contributed by atoms with Gasteiger partial charge < -0.3 is 9.80 Å². The van der Waals surface area contributed by atoms with Crippen LogP contribution in [0.1, 0.15) is 11.1 Å². The number of amides is 1. The topological polar surface area (TPSA) is 60.9 Å². The van der Waals surface area contributed by atoms with Crippen molar-refractivity contribution in [2.75, 3.05) is 48.2 Å². The molecule has 1 aliphatic rings. The highest BCUT2D eigenvalue weighted by atomic mass is 32.2. The van der Waals surface area contributed by atoms with E-state index in [0.717, 1.165) is 21.7 Å². The zero-order valence-electron chi connectivity index (χ0n) is 16.9. The maximum atomic E-state index is 14.0. The van der Waals surface area contributed by atoms with Crippen LogP contribution in [0.5, 0.6) is 0 Å². The Hall–Kier alpha value is -2.61. The number of aryl methyl sites for hydroxylation is 2. The van der Waals surface area contributed by atoms with E-state index in [2.05, 4.69) is 0 Å². The highest BCUT2D eigenvalue weighted by molar-refractivity contribution is 7.92. The normalized spacial score (nSPS) is 14.8. The quantitative estimate of drug-likeness (QED) is 0.747. The van der Waals surface area contributed by atoms with E-state index < -0.39 is 10.0 Å². The van der Waals surface area contributed by atoms with Gasteiger partial charge >= 0.3 is 0 Å². The van der Waals surface area contributed by atoms with Gasteiger partial charge in [-0.15, -0.1) is 0 Å². The van der Waals surface area contributed by atoms with Crippen molar-refractivity contribution in [3.8, 4) is 0 Å². The van der Waals surface area contributed by atoms with Crippen LogP contribution in [0.25, 0.3) is 0 Å². The van der Waals surface area contributed by atoms with E-state index in [9.17, 15) is 17.6 Å². The number of sulfonamides is 1. The van der Waals surface area contributed by atoms with Gasteiger partial charge in [-0.2, -0.15) is 0 Å². The van der Waals surface area contributed by atoms with Gasteiger partial charge in [0.2, 0.25) is 15.9 Å². The number of benzene rings is 2. The summed E-state index contributed by atoms with van der Waals surface area (Å²) in [6.07, 6.45) is 1.11. The van der Waals surface area contributed by atoms with Crippen LogP contribution >= 0.6 is 0 Å². The molecule has 1 amide bonds. The van der Waals surface area contributed by atoms with E-state index in [1.54, 1.807) is 35.2 Å². The van der Waals surface area contributed by atoms with Gasteiger partial charge in [-0.1, -0.05) is 18.2 Å². The Morgan fingerprint density at radius 2 is 1.62 bits per heavy atom. The minimum absolute atomic E-state index is 0.249. The van der Waals surface area contributed by atoms with Crippen molar-refractivity contribution in [2.24, 2.45) is 0 Å². The van der Waals surface area contributed by atoms with Crippen molar-refractivity contribution in [2.45, 2.75) is 13.8 Å². The van der Waals surface area contributed by atoms with Crippen LogP contribution in [0.2, 0.25) is 0 Å². The summed E-state index contributed by atoms with van der Waals surface area (Å²) in [7, 11) is -3.62. The molecule has 6 nitrogen and oxygen atoms in total. The van der Waals surface area contributed by atoms with Gasteiger partial charge in [0, 0.05) is 26.2 Å². The molecule has 2 aromatic carbocycles. The number of anilines is 2. The molecule has 1 heterocycles. The number of para-hydroxylation sites is 1. The number of halogens is 1. The summed E-state index contributed by atoms with van der Waals surface area (Å²) < 4.78 is 39.8. The summed E-state index contributed by atoms with van der Waals surface area (Å²) in [5, 5.41) is 0. The third-order valence-corrected chi connectivity index (χ3v) is 6.14. The smallest absolute Gasteiger partial charge is 0.243 e. The Labute approximate surface area is 171 Å². The average Bonchev–Trinajstić information content (AvgIpc) is 2.65. The third kappa shape index (κ3) is 5.06. The summed E-state index contributed by atoms with van der Waals surface area (Å²) in [6, 6.07) is 12.0.